The topological polar surface area (TPSA) is 103 Å². The lowest BCUT2D eigenvalue weighted by molar-refractivity contribution is -0.274. The summed E-state index contributed by atoms with van der Waals surface area (Å²) in [6.45, 7) is 1.22. The smallest absolute Gasteiger partial charge is 0.406 e. The van der Waals surface area contributed by atoms with Crippen molar-refractivity contribution in [2.45, 2.75) is 30.8 Å². The number of hydrogen-bond acceptors (Lipinski definition) is 6. The van der Waals surface area contributed by atoms with Gasteiger partial charge >= 0.3 is 6.36 Å². The van der Waals surface area contributed by atoms with Gasteiger partial charge in [0.15, 0.2) is 0 Å². The normalized spacial score (nSPS) is 13.6. The summed E-state index contributed by atoms with van der Waals surface area (Å²) < 4.78 is 53.1. The van der Waals surface area contributed by atoms with Crippen LogP contribution in [0.2, 0.25) is 0 Å². The number of rotatable bonds is 6. The molecule has 0 fully saturated rings. The number of carbonyl (C=O) groups excluding carboxylic acids is 1. The number of alkyl halides is 3. The van der Waals surface area contributed by atoms with Crippen LogP contribution in [0, 0.1) is 0 Å². The maximum atomic E-state index is 12.6. The number of amides is 1. The highest BCUT2D eigenvalue weighted by Crippen LogP contribution is 2.24. The van der Waals surface area contributed by atoms with E-state index in [-0.39, 0.29) is 11.1 Å². The summed E-state index contributed by atoms with van der Waals surface area (Å²) >= 11 is 0. The molecule has 3 aromatic rings. The Kier molecular flexibility index (Phi) is 6.39. The van der Waals surface area contributed by atoms with Crippen LogP contribution in [0.3, 0.4) is 0 Å². The van der Waals surface area contributed by atoms with Crippen LogP contribution in [0.5, 0.6) is 5.75 Å². The van der Waals surface area contributed by atoms with E-state index >= 15 is 0 Å². The lowest BCUT2D eigenvalue weighted by atomic mass is 10.1. The van der Waals surface area contributed by atoms with E-state index in [1.807, 2.05) is 0 Å². The van der Waals surface area contributed by atoms with Gasteiger partial charge in [0.25, 0.3) is 5.56 Å². The number of halogens is 3. The molecule has 0 aliphatic heterocycles. The maximum absolute atomic E-state index is 12.6. The number of hydrogen-bond donors (Lipinski definition) is 1. The van der Waals surface area contributed by atoms with Crippen LogP contribution in [0.1, 0.15) is 18.5 Å². The van der Waals surface area contributed by atoms with Crippen LogP contribution in [0.25, 0.3) is 10.9 Å². The molecular formula is C19H17F3N4O4S. The summed E-state index contributed by atoms with van der Waals surface area (Å²) in [7, 11) is -1.29. The second kappa shape index (κ2) is 8.84. The van der Waals surface area contributed by atoms with Gasteiger partial charge in [0, 0.05) is 22.0 Å². The summed E-state index contributed by atoms with van der Waals surface area (Å²) in [4.78, 5) is 25.4. The Morgan fingerprint density at radius 1 is 1.23 bits per heavy atom. The summed E-state index contributed by atoms with van der Waals surface area (Å²) in [5, 5.41) is 10.5. The summed E-state index contributed by atoms with van der Waals surface area (Å²) in [6.07, 6.45) is -3.31. The van der Waals surface area contributed by atoms with Gasteiger partial charge in [-0.2, -0.15) is 0 Å². The molecule has 3 rings (SSSR count). The minimum Gasteiger partial charge on any atom is -0.406 e. The SMILES string of the molecule is C[C@H](NC(=O)Cn1nnc2ccc(S(C)=O)cc2c1=O)c1ccc(OC(F)(F)F)cc1. The van der Waals surface area contributed by atoms with Crippen molar-refractivity contribution in [1.82, 2.24) is 20.3 Å². The van der Waals surface area contributed by atoms with Crippen LogP contribution in [0.15, 0.2) is 52.2 Å². The van der Waals surface area contributed by atoms with Crippen molar-refractivity contribution in [3.8, 4) is 5.75 Å². The highest BCUT2D eigenvalue weighted by molar-refractivity contribution is 7.84. The highest BCUT2D eigenvalue weighted by atomic mass is 32.2. The first-order valence-corrected chi connectivity index (χ1v) is 10.5. The molecule has 1 unspecified atom stereocenters. The van der Waals surface area contributed by atoms with Gasteiger partial charge in [-0.25, -0.2) is 4.68 Å². The fourth-order valence-electron chi connectivity index (χ4n) is 2.80. The lowest BCUT2D eigenvalue weighted by Gasteiger charge is -2.15. The molecule has 164 valence electrons. The average Bonchev–Trinajstić information content (AvgIpc) is 2.69. The third-order valence-corrected chi connectivity index (χ3v) is 5.23. The van der Waals surface area contributed by atoms with Gasteiger partial charge in [0.1, 0.15) is 17.8 Å². The van der Waals surface area contributed by atoms with Crippen molar-refractivity contribution in [3.63, 3.8) is 0 Å². The number of aromatic nitrogens is 3. The first kappa shape index (κ1) is 22.4. The molecule has 0 saturated carbocycles. The van der Waals surface area contributed by atoms with Crippen LogP contribution >= 0.6 is 0 Å². The van der Waals surface area contributed by atoms with E-state index in [1.165, 1.54) is 30.5 Å². The minimum atomic E-state index is -4.79. The van der Waals surface area contributed by atoms with E-state index in [0.29, 0.717) is 16.0 Å². The van der Waals surface area contributed by atoms with Crippen LogP contribution in [-0.2, 0) is 22.1 Å². The van der Waals surface area contributed by atoms with Gasteiger partial charge in [-0.3, -0.25) is 13.8 Å². The summed E-state index contributed by atoms with van der Waals surface area (Å²) in [6, 6.07) is 9.06. The quantitative estimate of drug-likeness (QED) is 0.613. The summed E-state index contributed by atoms with van der Waals surface area (Å²) in [5.74, 6) is -0.922. The second-order valence-electron chi connectivity index (χ2n) is 6.59. The van der Waals surface area contributed by atoms with Gasteiger partial charge in [-0.1, -0.05) is 17.3 Å². The third kappa shape index (κ3) is 5.66. The van der Waals surface area contributed by atoms with Gasteiger partial charge < -0.3 is 10.1 Å². The van der Waals surface area contributed by atoms with E-state index in [2.05, 4.69) is 20.4 Å². The Balaban J connectivity index is 1.71. The Hall–Kier alpha value is -3.28. The Morgan fingerprint density at radius 3 is 2.52 bits per heavy atom. The molecule has 0 aliphatic carbocycles. The molecule has 1 heterocycles. The Labute approximate surface area is 176 Å². The molecule has 12 heteroatoms. The molecule has 0 bridgehead atoms. The number of benzene rings is 2. The second-order valence-corrected chi connectivity index (χ2v) is 7.97. The van der Waals surface area contributed by atoms with Gasteiger partial charge in [-0.05, 0) is 42.8 Å². The first-order valence-electron chi connectivity index (χ1n) is 8.89. The molecule has 0 aliphatic rings. The average molecular weight is 454 g/mol. The van der Waals surface area contributed by atoms with Crippen molar-refractivity contribution in [1.29, 1.82) is 0 Å². The largest absolute Gasteiger partial charge is 0.573 e. The lowest BCUT2D eigenvalue weighted by Crippen LogP contribution is -2.35. The standard InChI is InChI=1S/C19H17F3N4O4S/c1-11(12-3-5-13(6-4-12)30-19(20,21)22)23-17(27)10-26-18(28)15-9-14(31(2)29)7-8-16(15)24-25-26/h3-9,11H,10H2,1-2H3,(H,23,27)/t11-,31?/m0/s1. The number of nitrogens with one attached hydrogen (secondary N) is 1. The van der Waals surface area contributed by atoms with E-state index in [4.69, 9.17) is 0 Å². The minimum absolute atomic E-state index is 0.184. The molecule has 8 nitrogen and oxygen atoms in total. The van der Waals surface area contributed by atoms with Crippen molar-refractivity contribution < 1.29 is 26.9 Å². The monoisotopic (exact) mass is 454 g/mol. The zero-order valence-electron chi connectivity index (χ0n) is 16.3. The molecule has 2 aromatic carbocycles. The van der Waals surface area contributed by atoms with Crippen molar-refractivity contribution in [3.05, 3.63) is 58.4 Å². The highest BCUT2D eigenvalue weighted by Gasteiger charge is 2.31. The van der Waals surface area contributed by atoms with Crippen LogP contribution in [0.4, 0.5) is 13.2 Å². The molecule has 31 heavy (non-hydrogen) atoms. The zero-order valence-corrected chi connectivity index (χ0v) is 17.2. The Morgan fingerprint density at radius 2 is 1.90 bits per heavy atom. The van der Waals surface area contributed by atoms with E-state index in [9.17, 15) is 27.0 Å². The van der Waals surface area contributed by atoms with Crippen LogP contribution < -0.4 is 15.6 Å². The fraction of sp³-hybridized carbons (Fsp3) is 0.263. The van der Waals surface area contributed by atoms with Gasteiger partial charge in [0.2, 0.25) is 5.91 Å². The molecule has 0 radical (unpaired) electrons. The number of fused-ring (bicyclic) bond motifs is 1. The van der Waals surface area contributed by atoms with Crippen molar-refractivity contribution >= 4 is 27.6 Å². The predicted octanol–water partition coefficient (Wildman–Crippen LogP) is 2.30. The number of nitrogens with zero attached hydrogens (tertiary/aromatic N) is 3. The molecule has 1 N–H and O–H groups in total. The van der Waals surface area contributed by atoms with E-state index in [0.717, 1.165) is 16.8 Å². The fourth-order valence-corrected chi connectivity index (χ4v) is 3.35. The maximum Gasteiger partial charge on any atom is 0.573 e. The molecular weight excluding hydrogens is 437 g/mol. The Bertz CT molecular complexity index is 1200. The number of carbonyl (C=O) groups is 1. The van der Waals surface area contributed by atoms with Gasteiger partial charge in [-0.15, -0.1) is 18.3 Å². The van der Waals surface area contributed by atoms with Crippen molar-refractivity contribution in [2.24, 2.45) is 0 Å². The van der Waals surface area contributed by atoms with E-state index in [1.54, 1.807) is 13.0 Å². The van der Waals surface area contributed by atoms with E-state index < -0.39 is 41.2 Å². The molecule has 1 aromatic heterocycles. The number of ether oxygens (including phenoxy) is 1. The third-order valence-electron chi connectivity index (χ3n) is 4.31. The van der Waals surface area contributed by atoms with Crippen LogP contribution in [-0.4, -0.2) is 37.7 Å². The van der Waals surface area contributed by atoms with Gasteiger partial charge in [0.05, 0.1) is 11.4 Å². The summed E-state index contributed by atoms with van der Waals surface area (Å²) in [5.41, 5.74) is 0.286. The van der Waals surface area contributed by atoms with Crippen molar-refractivity contribution in [2.75, 3.05) is 6.26 Å². The molecule has 0 saturated heterocycles. The predicted molar refractivity (Wildman–Crippen MR) is 106 cm³/mol. The molecule has 0 spiro atoms. The zero-order chi connectivity index (χ0) is 22.8. The molecule has 1 amide bonds. The first-order chi connectivity index (χ1) is 14.5. The molecule has 2 atom stereocenters.